The Morgan fingerprint density at radius 1 is 1.24 bits per heavy atom. The van der Waals surface area contributed by atoms with Crippen LogP contribution in [0.4, 0.5) is 0 Å². The van der Waals surface area contributed by atoms with E-state index in [1.54, 1.807) is 0 Å². The minimum Gasteiger partial charge on any atom is -0.461 e. The molecule has 2 aromatic rings. The van der Waals surface area contributed by atoms with Gasteiger partial charge in [-0.25, -0.2) is 0 Å². The van der Waals surface area contributed by atoms with Crippen molar-refractivity contribution in [3.63, 3.8) is 0 Å². The molecule has 90 valence electrons. The Morgan fingerprint density at radius 3 is 2.71 bits per heavy atom. The first-order chi connectivity index (χ1) is 8.28. The van der Waals surface area contributed by atoms with Gasteiger partial charge >= 0.3 is 0 Å². The van der Waals surface area contributed by atoms with Gasteiger partial charge in [-0.05, 0) is 43.0 Å². The summed E-state index contributed by atoms with van der Waals surface area (Å²) in [5, 5.41) is 10.3. The first kappa shape index (κ1) is 10.8. The molecule has 0 radical (unpaired) electrons. The maximum atomic E-state index is 9.21. The van der Waals surface area contributed by atoms with E-state index in [9.17, 15) is 5.11 Å². The fourth-order valence-electron chi connectivity index (χ4n) is 2.93. The summed E-state index contributed by atoms with van der Waals surface area (Å²) in [5.41, 5.74) is 3.08. The van der Waals surface area contributed by atoms with Crippen molar-refractivity contribution >= 4 is 11.0 Å². The van der Waals surface area contributed by atoms with E-state index in [2.05, 4.69) is 6.07 Å². The van der Waals surface area contributed by atoms with E-state index in [0.717, 1.165) is 27.9 Å². The largest absolute Gasteiger partial charge is 0.461 e. The first-order valence-electron chi connectivity index (χ1n) is 6.42. The van der Waals surface area contributed by atoms with Crippen molar-refractivity contribution < 1.29 is 9.52 Å². The van der Waals surface area contributed by atoms with Gasteiger partial charge in [-0.1, -0.05) is 18.9 Å². The quantitative estimate of drug-likeness (QED) is 0.849. The molecule has 1 N–H and O–H groups in total. The standard InChI is InChI=1S/C15H18O2/c1-10-6-11(9-16)7-13-8-14(17-15(10)13)12-4-2-3-5-12/h6-8,12,16H,2-5,9H2,1H3. The molecule has 0 spiro atoms. The highest BCUT2D eigenvalue weighted by atomic mass is 16.3. The molecule has 0 amide bonds. The molecule has 17 heavy (non-hydrogen) atoms. The lowest BCUT2D eigenvalue weighted by Crippen LogP contribution is -1.87. The maximum absolute atomic E-state index is 9.21. The van der Waals surface area contributed by atoms with Gasteiger partial charge in [0.2, 0.25) is 0 Å². The van der Waals surface area contributed by atoms with E-state index < -0.39 is 0 Å². The Bertz CT molecular complexity index is 533. The predicted octanol–water partition coefficient (Wildman–Crippen LogP) is 3.89. The monoisotopic (exact) mass is 230 g/mol. The van der Waals surface area contributed by atoms with Crippen molar-refractivity contribution in [3.05, 3.63) is 35.1 Å². The number of furan rings is 1. The Kier molecular flexibility index (Phi) is 2.67. The second-order valence-electron chi connectivity index (χ2n) is 5.12. The molecule has 1 aromatic carbocycles. The Morgan fingerprint density at radius 2 is 2.00 bits per heavy atom. The normalized spacial score (nSPS) is 17.1. The van der Waals surface area contributed by atoms with Gasteiger partial charge < -0.3 is 9.52 Å². The molecule has 0 bridgehead atoms. The van der Waals surface area contributed by atoms with Crippen LogP contribution in [0.1, 0.15) is 48.5 Å². The maximum Gasteiger partial charge on any atom is 0.137 e. The van der Waals surface area contributed by atoms with Crippen molar-refractivity contribution in [3.8, 4) is 0 Å². The summed E-state index contributed by atoms with van der Waals surface area (Å²) in [7, 11) is 0. The summed E-state index contributed by atoms with van der Waals surface area (Å²) in [6, 6.07) is 6.20. The SMILES string of the molecule is Cc1cc(CO)cc2cc(C3CCCC3)oc12. The molecule has 1 aliphatic carbocycles. The summed E-state index contributed by atoms with van der Waals surface area (Å²) in [4.78, 5) is 0. The number of hydrogen-bond acceptors (Lipinski definition) is 2. The fraction of sp³-hybridized carbons (Fsp3) is 0.467. The Balaban J connectivity index is 2.08. The molecular formula is C15H18O2. The van der Waals surface area contributed by atoms with Crippen LogP contribution >= 0.6 is 0 Å². The lowest BCUT2D eigenvalue weighted by molar-refractivity contribution is 0.282. The summed E-state index contributed by atoms with van der Waals surface area (Å²) in [6.45, 7) is 2.14. The van der Waals surface area contributed by atoms with Crippen LogP contribution in [0.25, 0.3) is 11.0 Å². The van der Waals surface area contributed by atoms with Gasteiger partial charge in [0, 0.05) is 11.3 Å². The van der Waals surface area contributed by atoms with Crippen molar-refractivity contribution in [1.82, 2.24) is 0 Å². The molecule has 1 saturated carbocycles. The summed E-state index contributed by atoms with van der Waals surface area (Å²) in [6.07, 6.45) is 5.16. The number of aliphatic hydroxyl groups excluding tert-OH is 1. The zero-order chi connectivity index (χ0) is 11.8. The van der Waals surface area contributed by atoms with Crippen LogP contribution in [0.15, 0.2) is 22.6 Å². The number of rotatable bonds is 2. The summed E-state index contributed by atoms with van der Waals surface area (Å²) < 4.78 is 6.00. The number of hydrogen-bond donors (Lipinski definition) is 1. The van der Waals surface area contributed by atoms with Crippen LogP contribution in [0, 0.1) is 6.92 Å². The Labute approximate surface area is 101 Å². The van der Waals surface area contributed by atoms with E-state index in [4.69, 9.17) is 4.42 Å². The second-order valence-corrected chi connectivity index (χ2v) is 5.12. The zero-order valence-electron chi connectivity index (χ0n) is 10.2. The highest BCUT2D eigenvalue weighted by molar-refractivity contribution is 5.82. The van der Waals surface area contributed by atoms with Crippen LogP contribution in [0.2, 0.25) is 0 Å². The van der Waals surface area contributed by atoms with E-state index in [-0.39, 0.29) is 6.61 Å². The topological polar surface area (TPSA) is 33.4 Å². The molecule has 0 saturated heterocycles. The molecular weight excluding hydrogens is 212 g/mol. The third-order valence-corrected chi connectivity index (χ3v) is 3.82. The Hall–Kier alpha value is -1.28. The molecule has 3 rings (SSSR count). The first-order valence-corrected chi connectivity index (χ1v) is 6.42. The highest BCUT2D eigenvalue weighted by Crippen LogP contribution is 2.37. The molecule has 1 aliphatic rings. The van der Waals surface area contributed by atoms with Crippen LogP contribution in [-0.2, 0) is 6.61 Å². The predicted molar refractivity (Wildman–Crippen MR) is 68.1 cm³/mol. The van der Waals surface area contributed by atoms with Crippen LogP contribution in [0.3, 0.4) is 0 Å². The van der Waals surface area contributed by atoms with Crippen LogP contribution in [0.5, 0.6) is 0 Å². The summed E-state index contributed by atoms with van der Waals surface area (Å²) in [5.74, 6) is 1.75. The van der Waals surface area contributed by atoms with E-state index in [0.29, 0.717) is 5.92 Å². The van der Waals surface area contributed by atoms with Gasteiger partial charge in [-0.2, -0.15) is 0 Å². The summed E-state index contributed by atoms with van der Waals surface area (Å²) >= 11 is 0. The van der Waals surface area contributed by atoms with E-state index in [1.807, 2.05) is 19.1 Å². The van der Waals surface area contributed by atoms with Gasteiger partial charge in [0.1, 0.15) is 11.3 Å². The third-order valence-electron chi connectivity index (χ3n) is 3.82. The average molecular weight is 230 g/mol. The van der Waals surface area contributed by atoms with Gasteiger partial charge in [0.05, 0.1) is 6.61 Å². The molecule has 0 atom stereocenters. The van der Waals surface area contributed by atoms with Crippen LogP contribution < -0.4 is 0 Å². The number of aliphatic hydroxyl groups is 1. The molecule has 0 unspecified atom stereocenters. The molecule has 1 fully saturated rings. The molecule has 1 aromatic heterocycles. The zero-order valence-corrected chi connectivity index (χ0v) is 10.2. The molecule has 1 heterocycles. The molecule has 2 heteroatoms. The lowest BCUT2D eigenvalue weighted by Gasteiger charge is -2.03. The molecule has 2 nitrogen and oxygen atoms in total. The van der Waals surface area contributed by atoms with Gasteiger partial charge in [-0.15, -0.1) is 0 Å². The average Bonchev–Trinajstić information content (AvgIpc) is 2.96. The second kappa shape index (κ2) is 4.19. The smallest absolute Gasteiger partial charge is 0.137 e. The minimum absolute atomic E-state index is 0.0979. The number of fused-ring (bicyclic) bond motifs is 1. The molecule has 0 aliphatic heterocycles. The van der Waals surface area contributed by atoms with Crippen molar-refractivity contribution in [2.75, 3.05) is 0 Å². The van der Waals surface area contributed by atoms with Gasteiger partial charge in [0.15, 0.2) is 0 Å². The lowest BCUT2D eigenvalue weighted by atomic mass is 10.0. The number of benzene rings is 1. The van der Waals surface area contributed by atoms with Crippen molar-refractivity contribution in [2.45, 2.75) is 45.1 Å². The number of aryl methyl sites for hydroxylation is 1. The minimum atomic E-state index is 0.0979. The van der Waals surface area contributed by atoms with Gasteiger partial charge in [0.25, 0.3) is 0 Å². The highest BCUT2D eigenvalue weighted by Gasteiger charge is 2.21. The van der Waals surface area contributed by atoms with Crippen molar-refractivity contribution in [2.24, 2.45) is 0 Å². The van der Waals surface area contributed by atoms with Gasteiger partial charge in [-0.3, -0.25) is 0 Å². The van der Waals surface area contributed by atoms with Crippen molar-refractivity contribution in [1.29, 1.82) is 0 Å². The van der Waals surface area contributed by atoms with E-state index >= 15 is 0 Å². The van der Waals surface area contributed by atoms with Crippen LogP contribution in [-0.4, -0.2) is 5.11 Å². The van der Waals surface area contributed by atoms with E-state index in [1.165, 1.54) is 25.7 Å². The third kappa shape index (κ3) is 1.87. The fourth-order valence-corrected chi connectivity index (χ4v) is 2.93.